The van der Waals surface area contributed by atoms with Crippen molar-refractivity contribution < 1.29 is 14.3 Å². The van der Waals surface area contributed by atoms with Crippen LogP contribution in [0.3, 0.4) is 0 Å². The molecule has 1 aromatic rings. The molecule has 1 saturated heterocycles. The molecule has 2 aliphatic heterocycles. The van der Waals surface area contributed by atoms with Gasteiger partial charge in [0.25, 0.3) is 0 Å². The number of carbonyl (C=O) groups is 1. The van der Waals surface area contributed by atoms with E-state index in [0.29, 0.717) is 23.1 Å². The second-order valence-electron chi connectivity index (χ2n) is 5.03. The van der Waals surface area contributed by atoms with Gasteiger partial charge in [-0.05, 0) is 37.0 Å². The zero-order valence-electron chi connectivity index (χ0n) is 11.1. The molecule has 20 heavy (non-hydrogen) atoms. The first-order chi connectivity index (χ1) is 9.74. The van der Waals surface area contributed by atoms with Crippen LogP contribution in [0.25, 0.3) is 0 Å². The van der Waals surface area contributed by atoms with Crippen molar-refractivity contribution in [1.29, 1.82) is 0 Å². The molecule has 6 heteroatoms. The van der Waals surface area contributed by atoms with Gasteiger partial charge < -0.3 is 20.1 Å². The smallest absolute Gasteiger partial charge is 0.237 e. The molecule has 1 aromatic carbocycles. The normalized spacial score (nSPS) is 21.4. The van der Waals surface area contributed by atoms with E-state index >= 15 is 0 Å². The summed E-state index contributed by atoms with van der Waals surface area (Å²) in [5, 5.41) is 6.73. The van der Waals surface area contributed by atoms with Gasteiger partial charge in [-0.1, -0.05) is 11.6 Å². The molecule has 1 atom stereocenters. The maximum Gasteiger partial charge on any atom is 0.237 e. The van der Waals surface area contributed by atoms with E-state index in [-0.39, 0.29) is 18.7 Å². The second-order valence-corrected chi connectivity index (χ2v) is 5.44. The Balaban J connectivity index is 1.66. The number of amides is 1. The predicted octanol–water partition coefficient (Wildman–Crippen LogP) is 1.83. The second kappa shape index (κ2) is 5.89. The lowest BCUT2D eigenvalue weighted by Crippen LogP contribution is -2.42. The summed E-state index contributed by atoms with van der Waals surface area (Å²) in [6.45, 7) is 1.55. The largest absolute Gasteiger partial charge is 0.454 e. The lowest BCUT2D eigenvalue weighted by atomic mass is 10.1. The molecule has 108 valence electrons. The van der Waals surface area contributed by atoms with Crippen LogP contribution in [0.4, 0.5) is 0 Å². The van der Waals surface area contributed by atoms with Gasteiger partial charge in [-0.2, -0.15) is 0 Å². The van der Waals surface area contributed by atoms with Crippen LogP contribution in [-0.2, 0) is 11.3 Å². The van der Waals surface area contributed by atoms with Crippen LogP contribution < -0.4 is 20.1 Å². The Morgan fingerprint density at radius 1 is 1.35 bits per heavy atom. The molecule has 0 spiro atoms. The molecule has 0 saturated carbocycles. The van der Waals surface area contributed by atoms with Crippen LogP contribution in [0.1, 0.15) is 24.8 Å². The van der Waals surface area contributed by atoms with Crippen molar-refractivity contribution in [3.63, 3.8) is 0 Å². The third-order valence-corrected chi connectivity index (χ3v) is 3.86. The van der Waals surface area contributed by atoms with Gasteiger partial charge in [-0.15, -0.1) is 0 Å². The number of ether oxygens (including phenoxy) is 2. The molecular formula is C14H17ClN2O3. The summed E-state index contributed by atoms with van der Waals surface area (Å²) < 4.78 is 10.6. The molecule has 0 bridgehead atoms. The molecule has 1 amide bonds. The molecule has 1 fully saturated rings. The lowest BCUT2D eigenvalue weighted by Gasteiger charge is -2.15. The number of hydrogen-bond acceptors (Lipinski definition) is 4. The summed E-state index contributed by atoms with van der Waals surface area (Å²) in [5.41, 5.74) is 0.983. The minimum absolute atomic E-state index is 0.0781. The fourth-order valence-electron chi connectivity index (χ4n) is 2.50. The van der Waals surface area contributed by atoms with Gasteiger partial charge in [0.2, 0.25) is 12.7 Å². The van der Waals surface area contributed by atoms with Crippen molar-refractivity contribution >= 4 is 17.5 Å². The number of halogens is 1. The minimum atomic E-state index is -0.137. The van der Waals surface area contributed by atoms with Crippen molar-refractivity contribution in [3.8, 4) is 11.5 Å². The van der Waals surface area contributed by atoms with E-state index in [4.69, 9.17) is 21.1 Å². The fourth-order valence-corrected chi connectivity index (χ4v) is 2.79. The lowest BCUT2D eigenvalue weighted by molar-refractivity contribution is -0.122. The molecule has 0 radical (unpaired) electrons. The number of rotatable bonds is 3. The van der Waals surface area contributed by atoms with Crippen LogP contribution in [0.2, 0.25) is 5.02 Å². The molecule has 3 rings (SSSR count). The average molecular weight is 297 g/mol. The Bertz CT molecular complexity index is 521. The van der Waals surface area contributed by atoms with Gasteiger partial charge in [0.1, 0.15) is 0 Å². The van der Waals surface area contributed by atoms with Crippen LogP contribution >= 0.6 is 11.6 Å². The van der Waals surface area contributed by atoms with Crippen molar-refractivity contribution in [3.05, 3.63) is 22.7 Å². The van der Waals surface area contributed by atoms with Crippen LogP contribution in [0.5, 0.6) is 11.5 Å². The van der Waals surface area contributed by atoms with Crippen molar-refractivity contribution in [2.24, 2.45) is 0 Å². The van der Waals surface area contributed by atoms with E-state index in [9.17, 15) is 4.79 Å². The van der Waals surface area contributed by atoms with Crippen molar-refractivity contribution in [1.82, 2.24) is 10.6 Å². The first-order valence-electron chi connectivity index (χ1n) is 6.83. The van der Waals surface area contributed by atoms with Gasteiger partial charge in [0, 0.05) is 13.1 Å². The SMILES string of the molecule is O=C1NCCCCC1NCc1cc(Cl)c2c(c1)OCO2. The molecule has 2 N–H and O–H groups in total. The van der Waals surface area contributed by atoms with Crippen LogP contribution in [0, 0.1) is 0 Å². The number of hydrogen-bond donors (Lipinski definition) is 2. The van der Waals surface area contributed by atoms with E-state index in [0.717, 1.165) is 31.4 Å². The third kappa shape index (κ3) is 2.83. The average Bonchev–Trinajstić information content (AvgIpc) is 2.81. The highest BCUT2D eigenvalue weighted by Gasteiger charge is 2.21. The molecule has 0 aromatic heterocycles. The molecule has 1 unspecified atom stereocenters. The zero-order chi connectivity index (χ0) is 13.9. The first-order valence-corrected chi connectivity index (χ1v) is 7.21. The van der Waals surface area contributed by atoms with E-state index in [2.05, 4.69) is 10.6 Å². The Kier molecular flexibility index (Phi) is 3.98. The molecule has 2 aliphatic rings. The topological polar surface area (TPSA) is 59.6 Å². The number of benzene rings is 1. The molecule has 0 aliphatic carbocycles. The van der Waals surface area contributed by atoms with Crippen LogP contribution in [-0.4, -0.2) is 25.3 Å². The monoisotopic (exact) mass is 296 g/mol. The molecule has 5 nitrogen and oxygen atoms in total. The first kappa shape index (κ1) is 13.5. The van der Waals surface area contributed by atoms with E-state index in [1.807, 2.05) is 12.1 Å². The molecule has 2 heterocycles. The van der Waals surface area contributed by atoms with E-state index in [1.54, 1.807) is 0 Å². The number of nitrogens with one attached hydrogen (secondary N) is 2. The Morgan fingerprint density at radius 2 is 2.25 bits per heavy atom. The maximum atomic E-state index is 11.8. The highest BCUT2D eigenvalue weighted by atomic mass is 35.5. The highest BCUT2D eigenvalue weighted by Crippen LogP contribution is 2.39. The summed E-state index contributed by atoms with van der Waals surface area (Å²) in [7, 11) is 0. The van der Waals surface area contributed by atoms with Gasteiger partial charge in [0.15, 0.2) is 11.5 Å². The van der Waals surface area contributed by atoms with Gasteiger partial charge in [-0.3, -0.25) is 4.79 Å². The highest BCUT2D eigenvalue weighted by molar-refractivity contribution is 6.32. The van der Waals surface area contributed by atoms with E-state index in [1.165, 1.54) is 0 Å². The van der Waals surface area contributed by atoms with Gasteiger partial charge in [-0.25, -0.2) is 0 Å². The summed E-state index contributed by atoms with van der Waals surface area (Å²) in [6, 6.07) is 3.61. The van der Waals surface area contributed by atoms with Gasteiger partial charge >= 0.3 is 0 Å². The third-order valence-electron chi connectivity index (χ3n) is 3.57. The maximum absolute atomic E-state index is 11.8. The van der Waals surface area contributed by atoms with Gasteiger partial charge in [0.05, 0.1) is 11.1 Å². The Morgan fingerprint density at radius 3 is 3.15 bits per heavy atom. The number of fused-ring (bicyclic) bond motifs is 1. The fraction of sp³-hybridized carbons (Fsp3) is 0.500. The van der Waals surface area contributed by atoms with Crippen LogP contribution in [0.15, 0.2) is 12.1 Å². The predicted molar refractivity (Wildman–Crippen MR) is 75.1 cm³/mol. The summed E-state index contributed by atoms with van der Waals surface area (Å²) in [5.74, 6) is 1.34. The minimum Gasteiger partial charge on any atom is -0.454 e. The molecular weight excluding hydrogens is 280 g/mol. The Hall–Kier alpha value is -1.46. The van der Waals surface area contributed by atoms with Crippen molar-refractivity contribution in [2.45, 2.75) is 31.8 Å². The van der Waals surface area contributed by atoms with Crippen molar-refractivity contribution in [2.75, 3.05) is 13.3 Å². The Labute approximate surface area is 122 Å². The zero-order valence-corrected chi connectivity index (χ0v) is 11.8. The summed E-state index contributed by atoms with van der Waals surface area (Å²) >= 11 is 6.14. The standard InChI is InChI=1S/C14H17ClN2O3/c15-10-5-9(6-12-13(10)20-8-19-12)7-17-11-3-1-2-4-16-14(11)18/h5-6,11,17H,1-4,7-8H2,(H,16,18). The van der Waals surface area contributed by atoms with E-state index < -0.39 is 0 Å². The quantitative estimate of drug-likeness (QED) is 0.893. The summed E-state index contributed by atoms with van der Waals surface area (Å²) in [6.07, 6.45) is 2.96. The summed E-state index contributed by atoms with van der Waals surface area (Å²) in [4.78, 5) is 11.8. The number of carbonyl (C=O) groups excluding carboxylic acids is 1.